The van der Waals surface area contributed by atoms with Gasteiger partial charge in [-0.25, -0.2) is 8.42 Å². The van der Waals surface area contributed by atoms with Gasteiger partial charge >= 0.3 is 0 Å². The van der Waals surface area contributed by atoms with Crippen molar-refractivity contribution >= 4 is 27.3 Å². The summed E-state index contributed by atoms with van der Waals surface area (Å²) in [4.78, 5) is 15.2. The topological polar surface area (TPSA) is 88.8 Å². The second kappa shape index (κ2) is 11.0. The van der Waals surface area contributed by atoms with Gasteiger partial charge in [0.15, 0.2) is 5.76 Å². The lowest BCUT2D eigenvalue weighted by Crippen LogP contribution is -2.43. The van der Waals surface area contributed by atoms with E-state index in [0.717, 1.165) is 18.7 Å². The Hall–Kier alpha value is -2.65. The maximum atomic E-state index is 12.9. The molecule has 186 valence electrons. The van der Waals surface area contributed by atoms with Gasteiger partial charge in [0.2, 0.25) is 14.9 Å². The number of morpholine rings is 1. The molecule has 4 rings (SSSR count). The molecule has 0 radical (unpaired) electrons. The minimum absolute atomic E-state index is 0.0421. The molecule has 1 saturated heterocycles. The predicted molar refractivity (Wildman–Crippen MR) is 134 cm³/mol. The lowest BCUT2D eigenvalue weighted by Gasteiger charge is -2.35. The summed E-state index contributed by atoms with van der Waals surface area (Å²) >= 11 is 5.85. The molecule has 0 bridgehead atoms. The monoisotopic (exact) mass is 516 g/mol. The predicted octanol–water partition coefficient (Wildman–Crippen LogP) is 4.69. The summed E-state index contributed by atoms with van der Waals surface area (Å²) in [5.41, 5.74) is 2.35. The zero-order valence-corrected chi connectivity index (χ0v) is 21.3. The zero-order valence-electron chi connectivity index (χ0n) is 19.7. The molecule has 1 unspecified atom stereocenters. The quantitative estimate of drug-likeness (QED) is 0.467. The van der Waals surface area contributed by atoms with Gasteiger partial charge in [-0.05, 0) is 53.4 Å². The molecule has 35 heavy (non-hydrogen) atoms. The van der Waals surface area contributed by atoms with Gasteiger partial charge in [-0.3, -0.25) is 9.69 Å². The Kier molecular flexibility index (Phi) is 7.96. The highest BCUT2D eigenvalue weighted by Gasteiger charge is 2.26. The van der Waals surface area contributed by atoms with Crippen LogP contribution in [0.5, 0.6) is 0 Å². The second-order valence-electron chi connectivity index (χ2n) is 8.77. The maximum Gasteiger partial charge on any atom is 0.287 e. The summed E-state index contributed by atoms with van der Waals surface area (Å²) in [7, 11) is -3.90. The molecule has 2 heterocycles. The fraction of sp³-hybridized carbons (Fsp3) is 0.346. The number of furan rings is 1. The van der Waals surface area contributed by atoms with E-state index >= 15 is 0 Å². The van der Waals surface area contributed by atoms with Crippen LogP contribution >= 0.6 is 11.6 Å². The largest absolute Gasteiger partial charge is 0.439 e. The van der Waals surface area contributed by atoms with E-state index in [4.69, 9.17) is 20.8 Å². The normalized spacial score (nSPS) is 15.8. The van der Waals surface area contributed by atoms with E-state index in [-0.39, 0.29) is 21.8 Å². The first kappa shape index (κ1) is 25.4. The van der Waals surface area contributed by atoms with Crippen molar-refractivity contribution in [2.75, 3.05) is 32.8 Å². The Morgan fingerprint density at radius 2 is 1.60 bits per heavy atom. The minimum atomic E-state index is -3.90. The molecule has 1 aromatic heterocycles. The third-order valence-electron chi connectivity index (χ3n) is 6.12. The van der Waals surface area contributed by atoms with Gasteiger partial charge in [-0.1, -0.05) is 49.7 Å². The van der Waals surface area contributed by atoms with E-state index in [2.05, 4.69) is 48.3 Å². The molecule has 1 aliphatic heterocycles. The highest BCUT2D eigenvalue weighted by Crippen LogP contribution is 2.26. The standard InChI is InChI=1S/C26H29ClN2O5S/c1-18(2)19-3-5-20(6-4-19)23(29-13-15-33-16-14-29)17-28-26(30)24-11-12-25(34-24)35(31,32)22-9-7-21(27)8-10-22/h3-12,18,23H,13-17H2,1-2H3,(H,28,30). The van der Waals surface area contributed by atoms with E-state index in [1.54, 1.807) is 0 Å². The van der Waals surface area contributed by atoms with Crippen LogP contribution in [0.2, 0.25) is 5.02 Å². The van der Waals surface area contributed by atoms with Crippen molar-refractivity contribution < 1.29 is 22.4 Å². The van der Waals surface area contributed by atoms with Crippen LogP contribution in [-0.4, -0.2) is 52.1 Å². The first-order valence-electron chi connectivity index (χ1n) is 11.6. The van der Waals surface area contributed by atoms with Gasteiger partial charge in [0.05, 0.1) is 24.2 Å². The SMILES string of the molecule is CC(C)c1ccc(C(CNC(=O)c2ccc(S(=O)(=O)c3ccc(Cl)cc3)o2)N2CCOCC2)cc1. The number of hydrogen-bond donors (Lipinski definition) is 1. The third-order valence-corrected chi connectivity index (χ3v) is 8.02. The molecule has 7 nitrogen and oxygen atoms in total. The molecule has 0 saturated carbocycles. The molecule has 9 heteroatoms. The third kappa shape index (κ3) is 5.95. The summed E-state index contributed by atoms with van der Waals surface area (Å²) in [6.07, 6.45) is 0. The first-order valence-corrected chi connectivity index (χ1v) is 13.4. The van der Waals surface area contributed by atoms with Crippen molar-refractivity contribution in [2.45, 2.75) is 35.8 Å². The van der Waals surface area contributed by atoms with Gasteiger partial charge in [0.25, 0.3) is 5.91 Å². The molecular formula is C26H29ClN2O5S. The van der Waals surface area contributed by atoms with Gasteiger partial charge in [0, 0.05) is 24.7 Å². The zero-order chi connectivity index (χ0) is 25.0. The van der Waals surface area contributed by atoms with Crippen LogP contribution in [0.15, 0.2) is 75.1 Å². The number of nitrogens with zero attached hydrogens (tertiary/aromatic N) is 1. The Bertz CT molecular complexity index is 1250. The van der Waals surface area contributed by atoms with Crippen molar-refractivity contribution in [1.82, 2.24) is 10.2 Å². The Labute approximate surface area is 210 Å². The average molecular weight is 517 g/mol. The van der Waals surface area contributed by atoms with Crippen molar-refractivity contribution in [3.8, 4) is 0 Å². The molecule has 1 amide bonds. The van der Waals surface area contributed by atoms with Gasteiger partial charge in [0.1, 0.15) is 0 Å². The van der Waals surface area contributed by atoms with Crippen LogP contribution in [0.4, 0.5) is 0 Å². The van der Waals surface area contributed by atoms with Gasteiger partial charge in [-0.2, -0.15) is 0 Å². The summed E-state index contributed by atoms with van der Waals surface area (Å²) in [5.74, 6) is -0.101. The van der Waals surface area contributed by atoms with Crippen LogP contribution in [0, 0.1) is 0 Å². The Balaban J connectivity index is 1.49. The van der Waals surface area contributed by atoms with E-state index in [9.17, 15) is 13.2 Å². The molecule has 1 aliphatic rings. The van der Waals surface area contributed by atoms with Crippen LogP contribution < -0.4 is 5.32 Å². The van der Waals surface area contributed by atoms with E-state index < -0.39 is 15.7 Å². The van der Waals surface area contributed by atoms with Crippen molar-refractivity contribution in [1.29, 1.82) is 0 Å². The number of benzene rings is 2. The highest BCUT2D eigenvalue weighted by atomic mass is 35.5. The summed E-state index contributed by atoms with van der Waals surface area (Å²) in [5, 5.41) is 3.05. The summed E-state index contributed by atoms with van der Waals surface area (Å²) in [6, 6.07) is 16.9. The van der Waals surface area contributed by atoms with Crippen LogP contribution in [0.3, 0.4) is 0 Å². The van der Waals surface area contributed by atoms with Gasteiger partial charge < -0.3 is 14.5 Å². The Morgan fingerprint density at radius 3 is 2.23 bits per heavy atom. The van der Waals surface area contributed by atoms with Crippen molar-refractivity contribution in [3.63, 3.8) is 0 Å². The lowest BCUT2D eigenvalue weighted by atomic mass is 9.98. The molecule has 3 aromatic rings. The van der Waals surface area contributed by atoms with Crippen molar-refractivity contribution in [3.05, 3.63) is 82.6 Å². The fourth-order valence-electron chi connectivity index (χ4n) is 4.04. The average Bonchev–Trinajstić information content (AvgIpc) is 3.37. The number of carbonyl (C=O) groups excluding carboxylic acids is 1. The molecule has 0 aliphatic carbocycles. The van der Waals surface area contributed by atoms with E-state index in [1.807, 2.05) is 0 Å². The minimum Gasteiger partial charge on any atom is -0.439 e. The number of ether oxygens (including phenoxy) is 1. The van der Waals surface area contributed by atoms with E-state index in [0.29, 0.717) is 30.7 Å². The number of hydrogen-bond acceptors (Lipinski definition) is 6. The van der Waals surface area contributed by atoms with Crippen LogP contribution in [0.25, 0.3) is 0 Å². The smallest absolute Gasteiger partial charge is 0.287 e. The summed E-state index contributed by atoms with van der Waals surface area (Å²) < 4.78 is 36.6. The molecule has 1 atom stereocenters. The molecule has 0 spiro atoms. The molecule has 2 aromatic carbocycles. The fourth-order valence-corrected chi connectivity index (χ4v) is 5.34. The lowest BCUT2D eigenvalue weighted by molar-refractivity contribution is 0.0161. The van der Waals surface area contributed by atoms with Gasteiger partial charge in [-0.15, -0.1) is 0 Å². The first-order chi connectivity index (χ1) is 16.8. The highest BCUT2D eigenvalue weighted by molar-refractivity contribution is 7.91. The molecule has 1 N–H and O–H groups in total. The maximum absolute atomic E-state index is 12.9. The van der Waals surface area contributed by atoms with E-state index in [1.165, 1.54) is 42.0 Å². The number of nitrogens with one attached hydrogen (secondary N) is 1. The number of amides is 1. The van der Waals surface area contributed by atoms with Crippen LogP contribution in [0.1, 0.15) is 47.5 Å². The molecule has 1 fully saturated rings. The molecular weight excluding hydrogens is 488 g/mol. The number of halogens is 1. The second-order valence-corrected chi connectivity index (χ2v) is 11.1. The Morgan fingerprint density at radius 1 is 0.971 bits per heavy atom. The summed E-state index contributed by atoms with van der Waals surface area (Å²) in [6.45, 7) is 7.45. The number of rotatable bonds is 8. The van der Waals surface area contributed by atoms with Crippen LogP contribution in [-0.2, 0) is 14.6 Å². The number of carbonyl (C=O) groups is 1. The number of sulfone groups is 1. The van der Waals surface area contributed by atoms with Crippen molar-refractivity contribution in [2.24, 2.45) is 0 Å².